The molecule has 1 N–H and O–H groups in total. The maximum absolute atomic E-state index is 11.9. The molecule has 1 aliphatic heterocycles. The maximum atomic E-state index is 11.9. The first-order valence-corrected chi connectivity index (χ1v) is 9.11. The first-order chi connectivity index (χ1) is 8.68. The van der Waals surface area contributed by atoms with E-state index in [0.717, 1.165) is 11.0 Å². The summed E-state index contributed by atoms with van der Waals surface area (Å²) >= 11 is 1.90. The van der Waals surface area contributed by atoms with Gasteiger partial charge in [0.05, 0.1) is 13.2 Å². The van der Waals surface area contributed by atoms with Crippen LogP contribution < -0.4 is 4.72 Å². The van der Waals surface area contributed by atoms with E-state index < -0.39 is 10.2 Å². The van der Waals surface area contributed by atoms with E-state index in [2.05, 4.69) is 4.72 Å². The Morgan fingerprint density at radius 2 is 1.89 bits per heavy atom. The van der Waals surface area contributed by atoms with Gasteiger partial charge in [-0.2, -0.15) is 24.5 Å². The molecule has 1 saturated carbocycles. The van der Waals surface area contributed by atoms with Gasteiger partial charge in [-0.15, -0.1) is 0 Å². The SMILES string of the molecule is O=S(=O)(NCCSC1CCCC1)N1CCOCC1. The van der Waals surface area contributed by atoms with Gasteiger partial charge in [0.15, 0.2) is 0 Å². The number of nitrogens with one attached hydrogen (secondary N) is 1. The van der Waals surface area contributed by atoms with Gasteiger partial charge in [0, 0.05) is 30.6 Å². The molecule has 0 aromatic carbocycles. The number of hydrogen-bond acceptors (Lipinski definition) is 4. The number of morpholine rings is 1. The highest BCUT2D eigenvalue weighted by molar-refractivity contribution is 8.00. The molecule has 1 saturated heterocycles. The second kappa shape index (κ2) is 7.09. The van der Waals surface area contributed by atoms with Crippen molar-refractivity contribution in [1.82, 2.24) is 9.03 Å². The van der Waals surface area contributed by atoms with E-state index in [1.165, 1.54) is 30.0 Å². The van der Waals surface area contributed by atoms with Crippen molar-refractivity contribution in [3.05, 3.63) is 0 Å². The second-order valence-corrected chi connectivity index (χ2v) is 7.85. The fourth-order valence-corrected chi connectivity index (χ4v) is 4.85. The van der Waals surface area contributed by atoms with Crippen molar-refractivity contribution in [1.29, 1.82) is 0 Å². The van der Waals surface area contributed by atoms with Crippen LogP contribution in [-0.2, 0) is 14.9 Å². The Hall–Kier alpha value is 0.180. The molecule has 0 aromatic heterocycles. The predicted molar refractivity (Wildman–Crippen MR) is 74.0 cm³/mol. The van der Waals surface area contributed by atoms with E-state index in [1.54, 1.807) is 0 Å². The zero-order valence-electron chi connectivity index (χ0n) is 10.6. The molecule has 0 unspecified atom stereocenters. The topological polar surface area (TPSA) is 58.6 Å². The van der Waals surface area contributed by atoms with Crippen LogP contribution in [0.5, 0.6) is 0 Å². The normalized spacial score (nSPS) is 23.6. The fraction of sp³-hybridized carbons (Fsp3) is 1.00. The van der Waals surface area contributed by atoms with Gasteiger partial charge >= 0.3 is 0 Å². The zero-order valence-corrected chi connectivity index (χ0v) is 12.3. The van der Waals surface area contributed by atoms with E-state index in [-0.39, 0.29) is 0 Å². The van der Waals surface area contributed by atoms with Gasteiger partial charge < -0.3 is 4.74 Å². The van der Waals surface area contributed by atoms with Crippen molar-refractivity contribution < 1.29 is 13.2 Å². The molecule has 2 fully saturated rings. The lowest BCUT2D eigenvalue weighted by Gasteiger charge is -2.26. The summed E-state index contributed by atoms with van der Waals surface area (Å²) in [6.07, 6.45) is 5.25. The summed E-state index contributed by atoms with van der Waals surface area (Å²) in [6, 6.07) is 0. The van der Waals surface area contributed by atoms with Gasteiger partial charge in [-0.05, 0) is 12.8 Å². The molecule has 106 valence electrons. The van der Waals surface area contributed by atoms with Gasteiger partial charge in [-0.1, -0.05) is 12.8 Å². The quantitative estimate of drug-likeness (QED) is 0.737. The maximum Gasteiger partial charge on any atom is 0.279 e. The van der Waals surface area contributed by atoms with Crippen LogP contribution in [0.15, 0.2) is 0 Å². The van der Waals surface area contributed by atoms with Crippen LogP contribution in [-0.4, -0.2) is 56.6 Å². The first-order valence-electron chi connectivity index (χ1n) is 6.62. The molecule has 2 aliphatic rings. The number of nitrogens with zero attached hydrogens (tertiary/aromatic N) is 1. The Morgan fingerprint density at radius 3 is 2.56 bits per heavy atom. The largest absolute Gasteiger partial charge is 0.379 e. The molecule has 0 radical (unpaired) electrons. The molecule has 0 amide bonds. The van der Waals surface area contributed by atoms with Crippen LogP contribution in [0.3, 0.4) is 0 Å². The van der Waals surface area contributed by atoms with Crippen molar-refractivity contribution in [2.24, 2.45) is 0 Å². The third-order valence-electron chi connectivity index (χ3n) is 3.35. The summed E-state index contributed by atoms with van der Waals surface area (Å²) in [5.41, 5.74) is 0. The Kier molecular flexibility index (Phi) is 5.75. The van der Waals surface area contributed by atoms with Crippen LogP contribution in [0.1, 0.15) is 25.7 Å². The molecule has 0 atom stereocenters. The lowest BCUT2D eigenvalue weighted by atomic mass is 10.4. The molecular formula is C11H22N2O3S2. The van der Waals surface area contributed by atoms with E-state index in [0.29, 0.717) is 32.8 Å². The lowest BCUT2D eigenvalue weighted by molar-refractivity contribution is 0.0725. The second-order valence-electron chi connectivity index (χ2n) is 4.69. The van der Waals surface area contributed by atoms with Crippen molar-refractivity contribution >= 4 is 22.0 Å². The Bertz CT molecular complexity index is 336. The minimum absolute atomic E-state index is 0.463. The molecule has 0 aromatic rings. The Labute approximate surface area is 114 Å². The molecular weight excluding hydrogens is 272 g/mol. The highest BCUT2D eigenvalue weighted by Gasteiger charge is 2.23. The number of ether oxygens (including phenoxy) is 1. The summed E-state index contributed by atoms with van der Waals surface area (Å²) in [6.45, 7) is 2.45. The molecule has 2 rings (SSSR count). The van der Waals surface area contributed by atoms with E-state index >= 15 is 0 Å². The lowest BCUT2D eigenvalue weighted by Crippen LogP contribution is -2.47. The summed E-state index contributed by atoms with van der Waals surface area (Å²) in [7, 11) is -3.29. The van der Waals surface area contributed by atoms with Crippen molar-refractivity contribution in [2.45, 2.75) is 30.9 Å². The van der Waals surface area contributed by atoms with Crippen LogP contribution in [0, 0.1) is 0 Å². The standard InChI is InChI=1S/C11H22N2O3S2/c14-18(15,13-6-8-16-9-7-13)12-5-10-17-11-3-1-2-4-11/h11-12H,1-10H2. The van der Waals surface area contributed by atoms with Gasteiger partial charge in [0.1, 0.15) is 0 Å². The molecule has 0 spiro atoms. The highest BCUT2D eigenvalue weighted by Crippen LogP contribution is 2.28. The summed E-state index contributed by atoms with van der Waals surface area (Å²) in [4.78, 5) is 0. The first kappa shape index (κ1) is 14.6. The Morgan fingerprint density at radius 1 is 1.22 bits per heavy atom. The fourth-order valence-electron chi connectivity index (χ4n) is 2.33. The zero-order chi connectivity index (χ0) is 12.8. The Balaban J connectivity index is 1.64. The molecule has 7 heteroatoms. The summed E-state index contributed by atoms with van der Waals surface area (Å²) in [5.74, 6) is 0.869. The average molecular weight is 294 g/mol. The van der Waals surface area contributed by atoms with E-state index in [4.69, 9.17) is 4.74 Å². The molecule has 1 aliphatic carbocycles. The van der Waals surface area contributed by atoms with Crippen LogP contribution in [0.25, 0.3) is 0 Å². The van der Waals surface area contributed by atoms with Crippen LogP contribution in [0.2, 0.25) is 0 Å². The van der Waals surface area contributed by atoms with Crippen molar-refractivity contribution in [3.8, 4) is 0 Å². The van der Waals surface area contributed by atoms with Gasteiger partial charge in [-0.25, -0.2) is 4.72 Å². The summed E-state index contributed by atoms with van der Waals surface area (Å²) < 4.78 is 33.2. The van der Waals surface area contributed by atoms with Crippen LogP contribution >= 0.6 is 11.8 Å². The third-order valence-corrected chi connectivity index (χ3v) is 6.35. The average Bonchev–Trinajstić information content (AvgIpc) is 2.89. The molecule has 0 bridgehead atoms. The van der Waals surface area contributed by atoms with Gasteiger partial charge in [0.2, 0.25) is 0 Å². The minimum Gasteiger partial charge on any atom is -0.379 e. The number of hydrogen-bond donors (Lipinski definition) is 1. The van der Waals surface area contributed by atoms with E-state index in [1.807, 2.05) is 11.8 Å². The van der Waals surface area contributed by atoms with Gasteiger partial charge in [0.25, 0.3) is 10.2 Å². The van der Waals surface area contributed by atoms with Gasteiger partial charge in [-0.3, -0.25) is 0 Å². The molecule has 18 heavy (non-hydrogen) atoms. The monoisotopic (exact) mass is 294 g/mol. The predicted octanol–water partition coefficient (Wildman–Crippen LogP) is 0.829. The van der Waals surface area contributed by atoms with Crippen molar-refractivity contribution in [2.75, 3.05) is 38.6 Å². The third kappa shape index (κ3) is 4.38. The number of rotatable bonds is 6. The molecule has 5 nitrogen and oxygen atoms in total. The summed E-state index contributed by atoms with van der Waals surface area (Å²) in [5, 5.41) is 0.748. The smallest absolute Gasteiger partial charge is 0.279 e. The minimum atomic E-state index is -3.29. The van der Waals surface area contributed by atoms with Crippen molar-refractivity contribution in [3.63, 3.8) is 0 Å². The molecule has 1 heterocycles. The van der Waals surface area contributed by atoms with E-state index in [9.17, 15) is 8.42 Å². The number of thioether (sulfide) groups is 1. The van der Waals surface area contributed by atoms with Crippen LogP contribution in [0.4, 0.5) is 0 Å². The highest BCUT2D eigenvalue weighted by atomic mass is 32.2.